The highest BCUT2D eigenvalue weighted by Crippen LogP contribution is 2.41. The first kappa shape index (κ1) is 28.7. The van der Waals surface area contributed by atoms with Gasteiger partial charge < -0.3 is 18.9 Å². The van der Waals surface area contributed by atoms with Crippen LogP contribution in [0.15, 0.2) is 120 Å². The van der Waals surface area contributed by atoms with E-state index in [0.717, 1.165) is 22.3 Å². The van der Waals surface area contributed by atoms with Crippen LogP contribution in [-0.4, -0.2) is 49.9 Å². The van der Waals surface area contributed by atoms with Gasteiger partial charge >= 0.3 is 0 Å². The summed E-state index contributed by atoms with van der Waals surface area (Å²) in [5, 5.41) is 0. The van der Waals surface area contributed by atoms with E-state index >= 15 is 0 Å². The van der Waals surface area contributed by atoms with Crippen molar-refractivity contribution in [3.63, 3.8) is 0 Å². The van der Waals surface area contributed by atoms with Gasteiger partial charge in [0.05, 0.1) is 37.4 Å². The molecule has 6 rings (SSSR count). The van der Waals surface area contributed by atoms with Gasteiger partial charge in [0.1, 0.15) is 18.3 Å². The van der Waals surface area contributed by atoms with Crippen molar-refractivity contribution in [3.8, 4) is 0 Å². The van der Waals surface area contributed by atoms with Crippen LogP contribution in [0.3, 0.4) is 0 Å². The highest BCUT2D eigenvalue weighted by atomic mass is 32.2. The Morgan fingerprint density at radius 2 is 1.10 bits per heavy atom. The zero-order valence-electron chi connectivity index (χ0n) is 23.5. The molecule has 2 bridgehead atoms. The highest BCUT2D eigenvalue weighted by molar-refractivity contribution is 7.89. The number of hydrogen-bond acceptors (Lipinski definition) is 6. The van der Waals surface area contributed by atoms with Crippen LogP contribution >= 0.6 is 0 Å². The second kappa shape index (κ2) is 12.9. The lowest BCUT2D eigenvalue weighted by Crippen LogP contribution is -2.65. The van der Waals surface area contributed by atoms with Gasteiger partial charge in [-0.25, -0.2) is 8.42 Å². The van der Waals surface area contributed by atoms with Gasteiger partial charge in [-0.3, -0.25) is 0 Å². The van der Waals surface area contributed by atoms with Crippen LogP contribution in [0.2, 0.25) is 0 Å². The molecule has 2 saturated heterocycles. The second-order valence-electron chi connectivity index (χ2n) is 10.7. The Morgan fingerprint density at radius 3 is 1.60 bits per heavy atom. The van der Waals surface area contributed by atoms with E-state index < -0.39 is 40.6 Å². The zero-order valence-corrected chi connectivity index (χ0v) is 24.3. The zero-order chi connectivity index (χ0) is 28.9. The van der Waals surface area contributed by atoms with E-state index in [0.29, 0.717) is 13.2 Å². The van der Waals surface area contributed by atoms with Crippen molar-refractivity contribution in [2.24, 2.45) is 0 Å². The topological polar surface area (TPSA) is 74.3 Å². The molecule has 0 amide bonds. The van der Waals surface area contributed by atoms with Crippen molar-refractivity contribution in [2.75, 3.05) is 6.61 Å². The fourth-order valence-electron chi connectivity index (χ4n) is 5.60. The van der Waals surface area contributed by atoms with E-state index in [4.69, 9.17) is 18.9 Å². The highest BCUT2D eigenvalue weighted by Gasteiger charge is 2.60. The second-order valence-corrected chi connectivity index (χ2v) is 12.6. The maximum atomic E-state index is 14.2. The molecule has 2 heterocycles. The Kier molecular flexibility index (Phi) is 8.81. The summed E-state index contributed by atoms with van der Waals surface area (Å²) in [4.78, 5) is 0.209. The fraction of sp³-hybridized carbons (Fsp3) is 0.294. The summed E-state index contributed by atoms with van der Waals surface area (Å²) in [5.41, 5.74) is 3.93. The van der Waals surface area contributed by atoms with Crippen molar-refractivity contribution < 1.29 is 27.4 Å². The van der Waals surface area contributed by atoms with Crippen LogP contribution in [0, 0.1) is 6.92 Å². The summed E-state index contributed by atoms with van der Waals surface area (Å²) in [7, 11) is -3.94. The average Bonchev–Trinajstić information content (AvgIpc) is 3.41. The molecule has 218 valence electrons. The van der Waals surface area contributed by atoms with Gasteiger partial charge in [0, 0.05) is 0 Å². The number of rotatable bonds is 11. The third kappa shape index (κ3) is 6.20. The van der Waals surface area contributed by atoms with Crippen LogP contribution < -0.4 is 0 Å². The van der Waals surface area contributed by atoms with Crippen LogP contribution in [0.1, 0.15) is 22.3 Å². The molecule has 2 aliphatic rings. The Hall–Kier alpha value is -3.37. The van der Waals surface area contributed by atoms with E-state index in [9.17, 15) is 8.42 Å². The van der Waals surface area contributed by atoms with Gasteiger partial charge in [-0.2, -0.15) is 4.31 Å². The molecule has 42 heavy (non-hydrogen) atoms. The quantitative estimate of drug-likeness (QED) is 0.232. The number of fused-ring (bicyclic) bond motifs is 2. The predicted molar refractivity (Wildman–Crippen MR) is 159 cm³/mol. The number of aryl methyl sites for hydroxylation is 1. The molecule has 7 nitrogen and oxygen atoms in total. The molecule has 0 radical (unpaired) electrons. The predicted octanol–water partition coefficient (Wildman–Crippen LogP) is 5.48. The van der Waals surface area contributed by atoms with Crippen molar-refractivity contribution in [1.29, 1.82) is 0 Å². The lowest BCUT2D eigenvalue weighted by molar-refractivity contribution is -0.212. The summed E-state index contributed by atoms with van der Waals surface area (Å²) in [6.07, 6.45) is -2.84. The first-order chi connectivity index (χ1) is 20.5. The summed E-state index contributed by atoms with van der Waals surface area (Å²) in [5.74, 6) is 0. The fourth-order valence-corrected chi connectivity index (χ4v) is 7.32. The van der Waals surface area contributed by atoms with Crippen LogP contribution in [0.5, 0.6) is 0 Å². The largest absolute Gasteiger partial charge is 0.369 e. The van der Waals surface area contributed by atoms with E-state index in [2.05, 4.69) is 0 Å². The number of sulfonamides is 1. The van der Waals surface area contributed by atoms with E-state index in [1.807, 2.05) is 97.9 Å². The molecule has 0 aliphatic carbocycles. The normalized spacial score (nSPS) is 24.1. The van der Waals surface area contributed by atoms with Crippen molar-refractivity contribution >= 4 is 10.0 Å². The lowest BCUT2D eigenvalue weighted by Gasteiger charge is -2.45. The summed E-state index contributed by atoms with van der Waals surface area (Å²) >= 11 is 0. The first-order valence-corrected chi connectivity index (χ1v) is 15.6. The van der Waals surface area contributed by atoms with Crippen LogP contribution in [-0.2, 0) is 48.8 Å². The van der Waals surface area contributed by atoms with Crippen molar-refractivity contribution in [2.45, 2.75) is 62.2 Å². The third-order valence-electron chi connectivity index (χ3n) is 7.78. The molecular formula is C34H35NO6S. The SMILES string of the molecule is Cc1ccc(S(=O)(=O)N2[C@@H]3OC[C@H]2[C@@H](OCc2ccccc2)[C@H](OCc2ccccc2)[C@@H]3OCc2ccccc2)cc1. The van der Waals surface area contributed by atoms with Gasteiger partial charge in [-0.1, -0.05) is 109 Å². The Morgan fingerprint density at radius 1 is 0.643 bits per heavy atom. The minimum absolute atomic E-state index is 0.172. The molecular weight excluding hydrogens is 550 g/mol. The maximum absolute atomic E-state index is 14.2. The van der Waals surface area contributed by atoms with Crippen molar-refractivity contribution in [1.82, 2.24) is 4.31 Å². The van der Waals surface area contributed by atoms with Gasteiger partial charge in [-0.15, -0.1) is 0 Å². The number of benzene rings is 4. The minimum Gasteiger partial charge on any atom is -0.369 e. The smallest absolute Gasteiger partial charge is 0.245 e. The van der Waals surface area contributed by atoms with E-state index in [1.54, 1.807) is 24.3 Å². The third-order valence-corrected chi connectivity index (χ3v) is 9.68. The van der Waals surface area contributed by atoms with Crippen LogP contribution in [0.25, 0.3) is 0 Å². The molecule has 0 spiro atoms. The van der Waals surface area contributed by atoms with Gasteiger partial charge in [-0.05, 0) is 35.7 Å². The molecule has 5 atom stereocenters. The maximum Gasteiger partial charge on any atom is 0.245 e. The average molecular weight is 586 g/mol. The summed E-state index contributed by atoms with van der Waals surface area (Å²) < 4.78 is 55.7. The van der Waals surface area contributed by atoms with Crippen LogP contribution in [0.4, 0.5) is 0 Å². The molecule has 8 heteroatoms. The molecule has 2 fully saturated rings. The summed E-state index contributed by atoms with van der Waals surface area (Å²) in [6.45, 7) is 2.99. The van der Waals surface area contributed by atoms with Gasteiger partial charge in [0.25, 0.3) is 0 Å². The molecule has 4 aromatic rings. The summed E-state index contributed by atoms with van der Waals surface area (Å²) in [6, 6.07) is 35.8. The monoisotopic (exact) mass is 585 g/mol. The lowest BCUT2D eigenvalue weighted by atomic mass is 9.96. The Balaban J connectivity index is 1.36. The number of nitrogens with zero attached hydrogens (tertiary/aromatic N) is 1. The molecule has 2 aliphatic heterocycles. The Labute approximate surface area is 247 Å². The van der Waals surface area contributed by atoms with Gasteiger partial charge in [0.2, 0.25) is 10.0 Å². The van der Waals surface area contributed by atoms with E-state index in [1.165, 1.54) is 4.31 Å². The molecule has 0 unspecified atom stereocenters. The minimum atomic E-state index is -3.94. The molecule has 0 N–H and O–H groups in total. The molecule has 0 aromatic heterocycles. The molecule has 4 aromatic carbocycles. The first-order valence-electron chi connectivity index (χ1n) is 14.2. The number of hydrogen-bond donors (Lipinski definition) is 0. The van der Waals surface area contributed by atoms with E-state index in [-0.39, 0.29) is 18.1 Å². The standard InChI is InChI=1S/C34H35NO6S/c1-25-17-19-29(20-18-25)42(36,37)35-30-24-41-34(35)33(40-23-28-15-9-4-10-16-28)32(39-22-27-13-7-3-8-14-27)31(30)38-21-26-11-5-2-6-12-26/h2-20,30-34H,21-24H2,1H3/t30-,31+,32-,33-,34+/m0/s1. The molecule has 0 saturated carbocycles. The number of ether oxygens (including phenoxy) is 4. The van der Waals surface area contributed by atoms with Gasteiger partial charge in [0.15, 0.2) is 6.23 Å². The Bertz CT molecular complexity index is 1470. The van der Waals surface area contributed by atoms with Crippen molar-refractivity contribution in [3.05, 3.63) is 138 Å². The number of piperidine rings is 1.